The minimum absolute atomic E-state index is 0.0844. The van der Waals surface area contributed by atoms with Gasteiger partial charge in [-0.25, -0.2) is 4.39 Å². The molecular formula is C25H25FN4O3. The van der Waals surface area contributed by atoms with Gasteiger partial charge in [-0.2, -0.15) is 9.61 Å². The number of fused-ring (bicyclic) bond motifs is 1. The molecule has 1 amide bonds. The molecule has 0 aliphatic heterocycles. The molecule has 170 valence electrons. The van der Waals surface area contributed by atoms with Crippen molar-refractivity contribution in [3.8, 4) is 17.0 Å². The molecule has 2 aromatic carbocycles. The lowest BCUT2D eigenvalue weighted by molar-refractivity contribution is -0.116. The fourth-order valence-corrected chi connectivity index (χ4v) is 3.76. The second kappa shape index (κ2) is 8.90. The van der Waals surface area contributed by atoms with Crippen LogP contribution in [0.2, 0.25) is 0 Å². The van der Waals surface area contributed by atoms with Crippen LogP contribution in [0.5, 0.6) is 5.75 Å². The van der Waals surface area contributed by atoms with Gasteiger partial charge in [0.05, 0.1) is 12.8 Å². The number of amides is 1. The first-order valence-corrected chi connectivity index (χ1v) is 10.6. The van der Waals surface area contributed by atoms with E-state index in [4.69, 9.17) is 4.74 Å². The van der Waals surface area contributed by atoms with Crippen molar-refractivity contribution in [3.05, 3.63) is 81.5 Å². The molecule has 2 aromatic heterocycles. The first-order chi connectivity index (χ1) is 15.8. The topological polar surface area (TPSA) is 77.6 Å². The Labute approximate surface area is 190 Å². The molecular weight excluding hydrogens is 423 g/mol. The number of aromatic nitrogens is 3. The predicted octanol–water partition coefficient (Wildman–Crippen LogP) is 4.04. The van der Waals surface area contributed by atoms with E-state index in [0.29, 0.717) is 33.9 Å². The van der Waals surface area contributed by atoms with Gasteiger partial charge in [0.2, 0.25) is 5.91 Å². The lowest BCUT2D eigenvalue weighted by atomic mass is 10.1. The number of nitrogens with one attached hydrogen (secondary N) is 1. The van der Waals surface area contributed by atoms with E-state index in [1.54, 1.807) is 26.2 Å². The molecule has 2 heterocycles. The van der Waals surface area contributed by atoms with E-state index >= 15 is 0 Å². The molecule has 33 heavy (non-hydrogen) atoms. The zero-order chi connectivity index (χ0) is 23.7. The first kappa shape index (κ1) is 22.3. The molecule has 7 nitrogen and oxygen atoms in total. The normalized spacial score (nSPS) is 11.1. The molecule has 0 fully saturated rings. The Bertz CT molecular complexity index is 1420. The minimum Gasteiger partial charge on any atom is -0.497 e. The van der Waals surface area contributed by atoms with E-state index in [2.05, 4.69) is 10.4 Å². The van der Waals surface area contributed by atoms with Gasteiger partial charge in [0.1, 0.15) is 17.2 Å². The molecule has 0 atom stereocenters. The van der Waals surface area contributed by atoms with Crippen molar-refractivity contribution in [1.29, 1.82) is 0 Å². The minimum atomic E-state index is -0.381. The van der Waals surface area contributed by atoms with Crippen LogP contribution in [0.1, 0.15) is 23.2 Å². The molecule has 1 N–H and O–H groups in total. The number of nitrogens with zero attached hydrogens (tertiary/aromatic N) is 3. The van der Waals surface area contributed by atoms with E-state index in [9.17, 15) is 14.0 Å². The maximum atomic E-state index is 13.7. The first-order valence-electron chi connectivity index (χ1n) is 10.6. The van der Waals surface area contributed by atoms with Gasteiger partial charge in [-0.1, -0.05) is 18.2 Å². The Kier molecular flexibility index (Phi) is 6.00. The summed E-state index contributed by atoms with van der Waals surface area (Å²) in [5.41, 5.74) is 4.04. The zero-order valence-corrected chi connectivity index (χ0v) is 19.0. The lowest BCUT2D eigenvalue weighted by Crippen LogP contribution is -2.26. The monoisotopic (exact) mass is 448 g/mol. The largest absolute Gasteiger partial charge is 0.497 e. The summed E-state index contributed by atoms with van der Waals surface area (Å²) >= 11 is 0. The molecule has 0 unspecified atom stereocenters. The van der Waals surface area contributed by atoms with Crippen LogP contribution in [0.3, 0.4) is 0 Å². The standard InChI is InChI=1S/C25H25FN4O3/c1-15-8-9-18(13-21(15)26)27-23(31)11-10-20-16(2)29(3)24-14-22(28-30(24)25(20)32)17-6-5-7-19(12-17)33-4/h5-9,12-14H,10-11H2,1-4H3,(H,27,31). The van der Waals surface area contributed by atoms with Crippen LogP contribution in [0, 0.1) is 19.7 Å². The molecule has 8 heteroatoms. The van der Waals surface area contributed by atoms with Crippen LogP contribution in [0.25, 0.3) is 16.9 Å². The number of rotatable bonds is 6. The van der Waals surface area contributed by atoms with Crippen molar-refractivity contribution < 1.29 is 13.9 Å². The Morgan fingerprint density at radius 2 is 1.94 bits per heavy atom. The molecule has 0 spiro atoms. The number of halogens is 1. The number of benzene rings is 2. The van der Waals surface area contributed by atoms with Gasteiger partial charge in [0.15, 0.2) is 0 Å². The Balaban J connectivity index is 1.60. The van der Waals surface area contributed by atoms with E-state index in [1.807, 2.05) is 48.9 Å². The molecule has 0 aliphatic rings. The van der Waals surface area contributed by atoms with E-state index < -0.39 is 0 Å². The summed E-state index contributed by atoms with van der Waals surface area (Å²) in [6, 6.07) is 13.9. The predicted molar refractivity (Wildman–Crippen MR) is 125 cm³/mol. The van der Waals surface area contributed by atoms with E-state index in [0.717, 1.165) is 11.3 Å². The fraction of sp³-hybridized carbons (Fsp3) is 0.240. The Morgan fingerprint density at radius 3 is 2.67 bits per heavy atom. The summed E-state index contributed by atoms with van der Waals surface area (Å²) < 4.78 is 22.3. The third-order valence-electron chi connectivity index (χ3n) is 5.85. The second-order valence-corrected chi connectivity index (χ2v) is 7.97. The maximum Gasteiger partial charge on any atom is 0.277 e. The van der Waals surface area contributed by atoms with Crippen LogP contribution in [-0.2, 0) is 18.3 Å². The van der Waals surface area contributed by atoms with Crippen molar-refractivity contribution in [2.45, 2.75) is 26.7 Å². The van der Waals surface area contributed by atoms with Crippen LogP contribution in [-0.4, -0.2) is 27.2 Å². The third-order valence-corrected chi connectivity index (χ3v) is 5.85. The summed E-state index contributed by atoms with van der Waals surface area (Å²) in [6.45, 7) is 3.51. The van der Waals surface area contributed by atoms with Gasteiger partial charge < -0.3 is 14.6 Å². The van der Waals surface area contributed by atoms with Gasteiger partial charge in [-0.05, 0) is 50.1 Å². The number of aryl methyl sites for hydroxylation is 2. The highest BCUT2D eigenvalue weighted by Crippen LogP contribution is 2.24. The molecule has 4 aromatic rings. The summed E-state index contributed by atoms with van der Waals surface area (Å²) in [4.78, 5) is 25.6. The average Bonchev–Trinajstić information content (AvgIpc) is 3.26. The van der Waals surface area contributed by atoms with Gasteiger partial charge in [-0.3, -0.25) is 9.59 Å². The number of carbonyl (C=O) groups excluding carboxylic acids is 1. The molecule has 0 bridgehead atoms. The molecule has 0 saturated heterocycles. The van der Waals surface area contributed by atoms with Crippen LogP contribution in [0.15, 0.2) is 53.3 Å². The van der Waals surface area contributed by atoms with Crippen molar-refractivity contribution in [1.82, 2.24) is 14.2 Å². The summed E-state index contributed by atoms with van der Waals surface area (Å²) in [7, 11) is 3.46. The summed E-state index contributed by atoms with van der Waals surface area (Å²) in [5, 5.41) is 7.20. The number of methoxy groups -OCH3 is 1. The molecule has 4 rings (SSSR count). The highest BCUT2D eigenvalue weighted by molar-refractivity contribution is 5.90. The van der Waals surface area contributed by atoms with Crippen LogP contribution >= 0.6 is 0 Å². The van der Waals surface area contributed by atoms with Gasteiger partial charge >= 0.3 is 0 Å². The van der Waals surface area contributed by atoms with Crippen LogP contribution < -0.4 is 15.6 Å². The third kappa shape index (κ3) is 4.37. The highest BCUT2D eigenvalue weighted by atomic mass is 19.1. The van der Waals surface area contributed by atoms with Gasteiger partial charge in [0, 0.05) is 42.0 Å². The summed E-state index contributed by atoms with van der Waals surface area (Å²) in [5.74, 6) is 0.0263. The average molecular weight is 448 g/mol. The maximum absolute atomic E-state index is 13.7. The number of ether oxygens (including phenoxy) is 1. The number of hydrogen-bond donors (Lipinski definition) is 1. The quantitative estimate of drug-likeness (QED) is 0.483. The van der Waals surface area contributed by atoms with Crippen molar-refractivity contribution >= 4 is 17.2 Å². The van der Waals surface area contributed by atoms with Crippen molar-refractivity contribution in [3.63, 3.8) is 0 Å². The zero-order valence-electron chi connectivity index (χ0n) is 19.0. The van der Waals surface area contributed by atoms with Crippen LogP contribution in [0.4, 0.5) is 10.1 Å². The van der Waals surface area contributed by atoms with Gasteiger partial charge in [-0.15, -0.1) is 0 Å². The van der Waals surface area contributed by atoms with E-state index in [-0.39, 0.29) is 30.1 Å². The Morgan fingerprint density at radius 1 is 1.15 bits per heavy atom. The fourth-order valence-electron chi connectivity index (χ4n) is 3.76. The SMILES string of the molecule is COc1cccc(-c2cc3n(C)c(C)c(CCC(=O)Nc4ccc(C)c(F)c4)c(=O)n3n2)c1. The smallest absolute Gasteiger partial charge is 0.277 e. The van der Waals surface area contributed by atoms with Crippen molar-refractivity contribution in [2.75, 3.05) is 12.4 Å². The summed E-state index contributed by atoms with van der Waals surface area (Å²) in [6.07, 6.45) is 0.323. The van der Waals surface area contributed by atoms with Crippen molar-refractivity contribution in [2.24, 2.45) is 7.05 Å². The van der Waals surface area contributed by atoms with Gasteiger partial charge in [0.25, 0.3) is 5.56 Å². The number of anilines is 1. The number of carbonyl (C=O) groups is 1. The highest BCUT2D eigenvalue weighted by Gasteiger charge is 2.17. The lowest BCUT2D eigenvalue weighted by Gasteiger charge is -2.12. The molecule has 0 aliphatic carbocycles. The number of hydrogen-bond acceptors (Lipinski definition) is 4. The Hall–Kier alpha value is -3.94. The second-order valence-electron chi connectivity index (χ2n) is 7.97. The molecule has 0 saturated carbocycles. The molecule has 0 radical (unpaired) electrons. The van der Waals surface area contributed by atoms with E-state index in [1.165, 1.54) is 10.6 Å².